The van der Waals surface area contributed by atoms with E-state index in [-0.39, 0.29) is 30.8 Å². The second kappa shape index (κ2) is 8.70. The van der Waals surface area contributed by atoms with E-state index in [2.05, 4.69) is 16.0 Å². The van der Waals surface area contributed by atoms with Gasteiger partial charge < -0.3 is 21.3 Å². The predicted octanol–water partition coefficient (Wildman–Crippen LogP) is -1.32. The first-order valence-corrected chi connectivity index (χ1v) is 6.77. The minimum absolute atomic E-state index is 0.138. The van der Waals surface area contributed by atoms with Crippen LogP contribution in [0.3, 0.4) is 0 Å². The molecule has 0 aliphatic heterocycles. The number of quaternary nitrogens is 1. The molecule has 0 unspecified atom stereocenters. The van der Waals surface area contributed by atoms with Crippen LogP contribution in [0.15, 0.2) is 24.3 Å². The van der Waals surface area contributed by atoms with Gasteiger partial charge in [-0.25, -0.2) is 0 Å². The smallest absolute Gasteiger partial charge is 0.279 e. The van der Waals surface area contributed by atoms with E-state index in [9.17, 15) is 14.4 Å². The molecule has 0 saturated heterocycles. The van der Waals surface area contributed by atoms with Crippen molar-refractivity contribution in [2.45, 2.75) is 6.92 Å². The van der Waals surface area contributed by atoms with Crippen LogP contribution in [0.2, 0.25) is 0 Å². The van der Waals surface area contributed by atoms with Gasteiger partial charge in [0.25, 0.3) is 17.7 Å². The molecule has 1 aromatic carbocycles. The van der Waals surface area contributed by atoms with Gasteiger partial charge in [-0.05, 0) is 25.1 Å². The zero-order valence-electron chi connectivity index (χ0n) is 12.2. The molecule has 3 amide bonds. The van der Waals surface area contributed by atoms with Gasteiger partial charge in [0.2, 0.25) is 0 Å². The molecule has 1 rings (SSSR count). The zero-order valence-corrected chi connectivity index (χ0v) is 12.2. The van der Waals surface area contributed by atoms with E-state index in [0.717, 1.165) is 0 Å². The highest BCUT2D eigenvalue weighted by Gasteiger charge is 2.09. The molecule has 7 heteroatoms. The summed E-state index contributed by atoms with van der Waals surface area (Å²) in [6.45, 7) is 2.72. The molecule has 0 fully saturated rings. The maximum absolute atomic E-state index is 11.7. The van der Waals surface area contributed by atoms with E-state index in [0.29, 0.717) is 17.8 Å². The number of nitrogens with two attached hydrogens (primary N) is 1. The highest BCUT2D eigenvalue weighted by Crippen LogP contribution is 2.10. The molecule has 1 aromatic rings. The fourth-order valence-corrected chi connectivity index (χ4v) is 1.65. The largest absolute Gasteiger partial charge is 0.354 e. The molecule has 0 spiro atoms. The van der Waals surface area contributed by atoms with Gasteiger partial charge in [0, 0.05) is 24.8 Å². The second-order valence-corrected chi connectivity index (χ2v) is 4.36. The highest BCUT2D eigenvalue weighted by molar-refractivity contribution is 5.97. The summed E-state index contributed by atoms with van der Waals surface area (Å²) < 4.78 is 0. The van der Waals surface area contributed by atoms with Crippen LogP contribution >= 0.6 is 0 Å². The number of rotatable bonds is 7. The van der Waals surface area contributed by atoms with Crippen molar-refractivity contribution in [2.75, 3.05) is 32.0 Å². The minimum Gasteiger partial charge on any atom is -0.354 e. The van der Waals surface area contributed by atoms with Gasteiger partial charge in [-0.15, -0.1) is 0 Å². The summed E-state index contributed by atoms with van der Waals surface area (Å²) >= 11 is 0. The number of amides is 3. The van der Waals surface area contributed by atoms with Crippen molar-refractivity contribution in [2.24, 2.45) is 0 Å². The molecule has 114 valence electrons. The topological polar surface area (TPSA) is 104 Å². The molecule has 0 aromatic heterocycles. The summed E-state index contributed by atoms with van der Waals surface area (Å²) in [5, 5.41) is 9.46. The number of hydrogen-bond acceptors (Lipinski definition) is 3. The van der Waals surface area contributed by atoms with Gasteiger partial charge in [-0.1, -0.05) is 6.07 Å². The van der Waals surface area contributed by atoms with Crippen LogP contribution in [0, 0.1) is 0 Å². The lowest BCUT2D eigenvalue weighted by molar-refractivity contribution is -0.632. The Bertz CT molecular complexity index is 517. The van der Waals surface area contributed by atoms with Crippen LogP contribution in [-0.4, -0.2) is 44.4 Å². The molecule has 0 saturated carbocycles. The third-order valence-electron chi connectivity index (χ3n) is 2.68. The number of likely N-dealkylation sites (N-methyl/N-ethyl adjacent to an activating group) is 1. The molecule has 21 heavy (non-hydrogen) atoms. The average molecular weight is 293 g/mol. The number of nitrogens with one attached hydrogen (secondary N) is 3. The van der Waals surface area contributed by atoms with Crippen LogP contribution in [0.25, 0.3) is 0 Å². The molecule has 0 heterocycles. The maximum Gasteiger partial charge on any atom is 0.279 e. The minimum atomic E-state index is -0.230. The molecule has 5 N–H and O–H groups in total. The molecule has 0 aliphatic carbocycles. The van der Waals surface area contributed by atoms with Crippen LogP contribution < -0.4 is 21.3 Å². The summed E-state index contributed by atoms with van der Waals surface area (Å²) in [7, 11) is 1.54. The first-order valence-electron chi connectivity index (χ1n) is 6.77. The van der Waals surface area contributed by atoms with Crippen molar-refractivity contribution < 1.29 is 19.7 Å². The fraction of sp³-hybridized carbons (Fsp3) is 0.357. The van der Waals surface area contributed by atoms with Gasteiger partial charge in [-0.3, -0.25) is 14.4 Å². The van der Waals surface area contributed by atoms with Crippen molar-refractivity contribution in [3.63, 3.8) is 0 Å². The Morgan fingerprint density at radius 3 is 2.52 bits per heavy atom. The lowest BCUT2D eigenvalue weighted by Crippen LogP contribution is -2.88. The number of carbonyl (C=O) groups is 3. The summed E-state index contributed by atoms with van der Waals surface area (Å²) in [6.07, 6.45) is 0. The van der Waals surface area contributed by atoms with E-state index in [4.69, 9.17) is 0 Å². The zero-order chi connectivity index (χ0) is 15.7. The Morgan fingerprint density at radius 1 is 1.14 bits per heavy atom. The second-order valence-electron chi connectivity index (χ2n) is 4.36. The van der Waals surface area contributed by atoms with Crippen molar-refractivity contribution in [3.05, 3.63) is 29.8 Å². The summed E-state index contributed by atoms with van der Waals surface area (Å²) in [4.78, 5) is 34.4. The third kappa shape index (κ3) is 6.05. The number of carbonyl (C=O) groups excluding carboxylic acids is 3. The lowest BCUT2D eigenvalue weighted by Gasteiger charge is -2.07. The molecule has 0 aliphatic rings. The van der Waals surface area contributed by atoms with Crippen molar-refractivity contribution in [1.82, 2.24) is 10.6 Å². The molecule has 7 nitrogen and oxygen atoms in total. The number of benzene rings is 1. The first-order chi connectivity index (χ1) is 10.1. The monoisotopic (exact) mass is 293 g/mol. The number of hydrogen-bond donors (Lipinski definition) is 4. The van der Waals surface area contributed by atoms with Crippen LogP contribution in [0.4, 0.5) is 5.69 Å². The van der Waals surface area contributed by atoms with Crippen molar-refractivity contribution >= 4 is 23.4 Å². The molecule has 0 bridgehead atoms. The van der Waals surface area contributed by atoms with Gasteiger partial charge >= 0.3 is 0 Å². The van der Waals surface area contributed by atoms with Crippen molar-refractivity contribution in [1.29, 1.82) is 0 Å². The van der Waals surface area contributed by atoms with E-state index in [1.807, 2.05) is 6.92 Å². The molecular formula is C14H21N4O3+. The van der Waals surface area contributed by atoms with Crippen LogP contribution in [0.1, 0.15) is 17.3 Å². The predicted molar refractivity (Wildman–Crippen MR) is 78.8 cm³/mol. The Hall–Kier alpha value is -2.41. The lowest BCUT2D eigenvalue weighted by atomic mass is 10.2. The maximum atomic E-state index is 11.7. The van der Waals surface area contributed by atoms with E-state index >= 15 is 0 Å². The standard InChI is InChI=1S/C14H20N4O3/c1-3-17-14(21)10-5-4-6-11(7-10)18-13(20)9-16-8-12(19)15-2/h4-7,16H,3,8-9H2,1-2H3,(H,15,19)(H,17,21)(H,18,20)/p+1. The summed E-state index contributed by atoms with van der Waals surface area (Å²) in [5.74, 6) is -0.548. The first kappa shape index (κ1) is 16.6. The average Bonchev–Trinajstić information content (AvgIpc) is 2.47. The third-order valence-corrected chi connectivity index (χ3v) is 2.68. The molecule has 0 radical (unpaired) electrons. The Balaban J connectivity index is 2.50. The quantitative estimate of drug-likeness (QED) is 0.501. The summed E-state index contributed by atoms with van der Waals surface area (Å²) in [6, 6.07) is 6.70. The Labute approximate surface area is 123 Å². The van der Waals surface area contributed by atoms with Gasteiger partial charge in [-0.2, -0.15) is 0 Å². The van der Waals surface area contributed by atoms with Crippen LogP contribution in [-0.2, 0) is 9.59 Å². The Kier molecular flexibility index (Phi) is 6.90. The number of anilines is 1. The highest BCUT2D eigenvalue weighted by atomic mass is 16.2. The molecular weight excluding hydrogens is 272 g/mol. The van der Waals surface area contributed by atoms with Gasteiger partial charge in [0.1, 0.15) is 0 Å². The SMILES string of the molecule is CCNC(=O)c1cccc(NC(=O)C[NH2+]CC(=O)NC)c1. The van der Waals surface area contributed by atoms with Crippen molar-refractivity contribution in [3.8, 4) is 0 Å². The normalized spacial score (nSPS) is 9.81. The van der Waals surface area contributed by atoms with Gasteiger partial charge in [0.15, 0.2) is 13.1 Å². The fourth-order valence-electron chi connectivity index (χ4n) is 1.65. The summed E-state index contributed by atoms with van der Waals surface area (Å²) in [5.41, 5.74) is 1.04. The van der Waals surface area contributed by atoms with E-state index < -0.39 is 0 Å². The van der Waals surface area contributed by atoms with Crippen LogP contribution in [0.5, 0.6) is 0 Å². The van der Waals surface area contributed by atoms with E-state index in [1.54, 1.807) is 36.6 Å². The van der Waals surface area contributed by atoms with E-state index in [1.165, 1.54) is 0 Å². The molecule has 0 atom stereocenters. The Morgan fingerprint density at radius 2 is 1.86 bits per heavy atom. The van der Waals surface area contributed by atoms with Gasteiger partial charge in [0.05, 0.1) is 0 Å².